The van der Waals surface area contributed by atoms with Gasteiger partial charge in [-0.3, -0.25) is 4.79 Å². The van der Waals surface area contributed by atoms with Crippen molar-refractivity contribution in [3.8, 4) is 0 Å². The molecule has 0 atom stereocenters. The molecule has 1 aromatic carbocycles. The van der Waals surface area contributed by atoms with Crippen LogP contribution in [-0.4, -0.2) is 36.5 Å². The van der Waals surface area contributed by atoms with E-state index in [1.54, 1.807) is 12.1 Å². The molecule has 1 saturated heterocycles. The van der Waals surface area contributed by atoms with Crippen molar-refractivity contribution in [2.75, 3.05) is 19.6 Å². The Labute approximate surface area is 139 Å². The summed E-state index contributed by atoms with van der Waals surface area (Å²) in [7, 11) is 0. The number of halogens is 2. The fraction of sp³-hybridized carbons (Fsp3) is 0.562. The Bertz CT molecular complexity index is 525. The lowest BCUT2D eigenvalue weighted by Crippen LogP contribution is -2.45. The van der Waals surface area contributed by atoms with E-state index >= 15 is 0 Å². The van der Waals surface area contributed by atoms with Gasteiger partial charge in [0.1, 0.15) is 0 Å². The summed E-state index contributed by atoms with van der Waals surface area (Å²) in [6.07, 6.45) is 4.87. The molecule has 2 fully saturated rings. The largest absolute Gasteiger partial charge is 0.339 e. The first kappa shape index (κ1) is 15.3. The van der Waals surface area contributed by atoms with Crippen molar-refractivity contribution in [2.45, 2.75) is 31.7 Å². The number of piperidine rings is 1. The van der Waals surface area contributed by atoms with Gasteiger partial charge in [0.2, 0.25) is 0 Å². The van der Waals surface area contributed by atoms with E-state index in [4.69, 9.17) is 11.6 Å². The van der Waals surface area contributed by atoms with Crippen LogP contribution in [-0.2, 0) is 0 Å². The number of amides is 1. The highest BCUT2D eigenvalue weighted by Gasteiger charge is 2.26. The zero-order valence-corrected chi connectivity index (χ0v) is 14.3. The SMILES string of the molecule is O=C(c1ccc(Cl)c(Br)c1)N1CCC(NCC2CC2)CC1. The number of hydrogen-bond donors (Lipinski definition) is 1. The lowest BCUT2D eigenvalue weighted by molar-refractivity contribution is 0.0705. The minimum absolute atomic E-state index is 0.105. The van der Waals surface area contributed by atoms with Gasteiger partial charge in [0.25, 0.3) is 5.91 Å². The average Bonchev–Trinajstić information content (AvgIpc) is 3.32. The molecular formula is C16H20BrClN2O. The van der Waals surface area contributed by atoms with Gasteiger partial charge in [0.15, 0.2) is 0 Å². The number of nitrogens with one attached hydrogen (secondary N) is 1. The molecule has 0 radical (unpaired) electrons. The van der Waals surface area contributed by atoms with Crippen LogP contribution in [0.15, 0.2) is 22.7 Å². The van der Waals surface area contributed by atoms with Crippen molar-refractivity contribution < 1.29 is 4.79 Å². The molecule has 0 spiro atoms. The van der Waals surface area contributed by atoms with E-state index in [1.807, 2.05) is 11.0 Å². The molecule has 0 bridgehead atoms. The molecule has 1 heterocycles. The van der Waals surface area contributed by atoms with Crippen LogP contribution in [0, 0.1) is 5.92 Å². The zero-order chi connectivity index (χ0) is 14.8. The van der Waals surface area contributed by atoms with Gasteiger partial charge in [-0.1, -0.05) is 11.6 Å². The van der Waals surface area contributed by atoms with E-state index in [9.17, 15) is 4.79 Å². The predicted octanol–water partition coefficient (Wildman–Crippen LogP) is 3.71. The molecule has 5 heteroatoms. The van der Waals surface area contributed by atoms with Crippen LogP contribution < -0.4 is 5.32 Å². The normalized spacial score (nSPS) is 19.8. The van der Waals surface area contributed by atoms with E-state index in [1.165, 1.54) is 12.8 Å². The highest BCUT2D eigenvalue weighted by atomic mass is 79.9. The molecule has 0 aromatic heterocycles. The monoisotopic (exact) mass is 370 g/mol. The van der Waals surface area contributed by atoms with E-state index in [2.05, 4.69) is 21.2 Å². The van der Waals surface area contributed by atoms with Gasteiger partial charge < -0.3 is 10.2 Å². The van der Waals surface area contributed by atoms with Crippen molar-refractivity contribution >= 4 is 33.4 Å². The summed E-state index contributed by atoms with van der Waals surface area (Å²) in [6, 6.07) is 5.95. The first-order valence-electron chi connectivity index (χ1n) is 7.61. The maximum absolute atomic E-state index is 12.5. The van der Waals surface area contributed by atoms with Crippen LogP contribution >= 0.6 is 27.5 Å². The molecule has 3 rings (SSSR count). The summed E-state index contributed by atoms with van der Waals surface area (Å²) in [5.41, 5.74) is 0.704. The topological polar surface area (TPSA) is 32.3 Å². The van der Waals surface area contributed by atoms with Crippen molar-refractivity contribution in [1.82, 2.24) is 10.2 Å². The number of benzene rings is 1. The molecule has 1 aliphatic heterocycles. The van der Waals surface area contributed by atoms with Crippen LogP contribution in [0.4, 0.5) is 0 Å². The molecular weight excluding hydrogens is 352 g/mol. The lowest BCUT2D eigenvalue weighted by Gasteiger charge is -2.32. The second-order valence-electron chi connectivity index (χ2n) is 6.05. The summed E-state index contributed by atoms with van der Waals surface area (Å²) < 4.78 is 0.774. The van der Waals surface area contributed by atoms with E-state index in [-0.39, 0.29) is 5.91 Å². The molecule has 1 aromatic rings. The lowest BCUT2D eigenvalue weighted by atomic mass is 10.0. The van der Waals surface area contributed by atoms with Gasteiger partial charge in [-0.25, -0.2) is 0 Å². The third-order valence-corrected chi connectivity index (χ3v) is 5.55. The maximum Gasteiger partial charge on any atom is 0.253 e. The third kappa shape index (κ3) is 3.99. The van der Waals surface area contributed by atoms with Crippen LogP contribution in [0.25, 0.3) is 0 Å². The highest BCUT2D eigenvalue weighted by molar-refractivity contribution is 9.10. The summed E-state index contributed by atoms with van der Waals surface area (Å²) in [4.78, 5) is 14.4. The summed E-state index contributed by atoms with van der Waals surface area (Å²) >= 11 is 9.35. The first-order valence-corrected chi connectivity index (χ1v) is 8.78. The number of hydrogen-bond acceptors (Lipinski definition) is 2. The Morgan fingerprint density at radius 1 is 1.29 bits per heavy atom. The van der Waals surface area contributed by atoms with Gasteiger partial charge in [-0.15, -0.1) is 0 Å². The summed E-state index contributed by atoms with van der Waals surface area (Å²) in [6.45, 7) is 2.82. The number of nitrogens with zero attached hydrogens (tertiary/aromatic N) is 1. The number of likely N-dealkylation sites (tertiary alicyclic amines) is 1. The molecule has 21 heavy (non-hydrogen) atoms. The summed E-state index contributed by atoms with van der Waals surface area (Å²) in [5.74, 6) is 1.02. The first-order chi connectivity index (χ1) is 10.1. The van der Waals surface area contributed by atoms with E-state index < -0.39 is 0 Å². The molecule has 2 aliphatic rings. The van der Waals surface area contributed by atoms with E-state index in [0.29, 0.717) is 16.6 Å². The Kier molecular flexibility index (Phi) is 4.87. The van der Waals surface area contributed by atoms with Crippen LogP contribution in [0.2, 0.25) is 5.02 Å². The minimum Gasteiger partial charge on any atom is -0.339 e. The third-order valence-electron chi connectivity index (χ3n) is 4.34. The Morgan fingerprint density at radius 2 is 2.00 bits per heavy atom. The Hall–Kier alpha value is -0.580. The fourth-order valence-corrected chi connectivity index (χ4v) is 3.25. The number of rotatable bonds is 4. The minimum atomic E-state index is 0.105. The van der Waals surface area contributed by atoms with Gasteiger partial charge >= 0.3 is 0 Å². The smallest absolute Gasteiger partial charge is 0.253 e. The Morgan fingerprint density at radius 3 is 2.62 bits per heavy atom. The van der Waals surface area contributed by atoms with Gasteiger partial charge in [0.05, 0.1) is 5.02 Å². The number of carbonyl (C=O) groups is 1. The standard InChI is InChI=1S/C16H20BrClN2O/c17-14-9-12(3-4-15(14)18)16(21)20-7-5-13(6-8-20)19-10-11-1-2-11/h3-4,9,11,13,19H,1-2,5-8,10H2. The number of carbonyl (C=O) groups excluding carboxylic acids is 1. The van der Waals surface area contributed by atoms with Gasteiger partial charge in [-0.05, 0) is 72.3 Å². The summed E-state index contributed by atoms with van der Waals surface area (Å²) in [5, 5.41) is 4.27. The second kappa shape index (κ2) is 6.67. The fourth-order valence-electron chi connectivity index (χ4n) is 2.75. The molecule has 1 N–H and O–H groups in total. The van der Waals surface area contributed by atoms with Gasteiger partial charge in [-0.2, -0.15) is 0 Å². The Balaban J connectivity index is 1.52. The molecule has 114 valence electrons. The van der Waals surface area contributed by atoms with Crippen molar-refractivity contribution in [1.29, 1.82) is 0 Å². The van der Waals surface area contributed by atoms with Crippen molar-refractivity contribution in [2.24, 2.45) is 5.92 Å². The highest BCUT2D eigenvalue weighted by Crippen LogP contribution is 2.28. The van der Waals surface area contributed by atoms with Gasteiger partial charge in [0, 0.05) is 29.2 Å². The predicted molar refractivity (Wildman–Crippen MR) is 88.8 cm³/mol. The zero-order valence-electron chi connectivity index (χ0n) is 11.9. The van der Waals surface area contributed by atoms with Crippen LogP contribution in [0.5, 0.6) is 0 Å². The van der Waals surface area contributed by atoms with E-state index in [0.717, 1.165) is 42.9 Å². The molecule has 1 saturated carbocycles. The average molecular weight is 372 g/mol. The molecule has 1 amide bonds. The maximum atomic E-state index is 12.5. The van der Waals surface area contributed by atoms with Crippen molar-refractivity contribution in [3.63, 3.8) is 0 Å². The second-order valence-corrected chi connectivity index (χ2v) is 7.31. The van der Waals surface area contributed by atoms with Crippen LogP contribution in [0.3, 0.4) is 0 Å². The van der Waals surface area contributed by atoms with Crippen molar-refractivity contribution in [3.05, 3.63) is 33.3 Å². The molecule has 1 aliphatic carbocycles. The van der Waals surface area contributed by atoms with Crippen LogP contribution in [0.1, 0.15) is 36.0 Å². The quantitative estimate of drug-likeness (QED) is 0.875. The molecule has 3 nitrogen and oxygen atoms in total. The molecule has 0 unspecified atom stereocenters.